The number of benzene rings is 1. The predicted molar refractivity (Wildman–Crippen MR) is 123 cm³/mol. The van der Waals surface area contributed by atoms with E-state index in [2.05, 4.69) is 38.0 Å². The molecule has 1 aromatic carbocycles. The summed E-state index contributed by atoms with van der Waals surface area (Å²) in [5.41, 5.74) is 4.67. The van der Waals surface area contributed by atoms with Crippen molar-refractivity contribution in [2.75, 3.05) is 36.4 Å². The van der Waals surface area contributed by atoms with Gasteiger partial charge in [-0.15, -0.1) is 0 Å². The molecule has 0 amide bonds. The Morgan fingerprint density at radius 2 is 1.87 bits per heavy atom. The number of nitrogens with one attached hydrogen (secondary N) is 3. The van der Waals surface area contributed by atoms with Gasteiger partial charge >= 0.3 is 0 Å². The molecule has 7 heteroatoms. The minimum Gasteiger partial charge on any atom is -0.378 e. The number of piperazine rings is 1. The van der Waals surface area contributed by atoms with E-state index in [1.54, 1.807) is 0 Å². The molecule has 0 bridgehead atoms. The number of carbonyl (C=O) groups is 1. The van der Waals surface area contributed by atoms with E-state index in [9.17, 15) is 4.79 Å². The molecule has 1 atom stereocenters. The lowest BCUT2D eigenvalue weighted by Gasteiger charge is -2.28. The molecular weight excluding hydrogens is 388 g/mol. The first kappa shape index (κ1) is 19.3. The molecule has 31 heavy (non-hydrogen) atoms. The largest absolute Gasteiger partial charge is 0.378 e. The molecule has 3 N–H and O–H groups in total. The number of aromatic nitrogens is 2. The molecule has 0 aliphatic carbocycles. The van der Waals surface area contributed by atoms with Crippen molar-refractivity contribution in [1.29, 1.82) is 0 Å². The van der Waals surface area contributed by atoms with Gasteiger partial charge in [0.1, 0.15) is 24.0 Å². The zero-order chi connectivity index (χ0) is 21.0. The van der Waals surface area contributed by atoms with Gasteiger partial charge in [-0.05, 0) is 42.1 Å². The van der Waals surface area contributed by atoms with Crippen LogP contribution in [0, 0.1) is 0 Å². The summed E-state index contributed by atoms with van der Waals surface area (Å²) in [5, 5.41) is 9.84. The maximum atomic E-state index is 11.8. The Bertz CT molecular complexity index is 1090. The number of nitrogens with zero attached hydrogens (tertiary/aromatic N) is 3. The van der Waals surface area contributed by atoms with Gasteiger partial charge in [-0.2, -0.15) is 0 Å². The lowest BCUT2D eigenvalue weighted by atomic mass is 9.92. The van der Waals surface area contributed by atoms with Crippen LogP contribution in [0.4, 0.5) is 17.3 Å². The number of aldehydes is 1. The summed E-state index contributed by atoms with van der Waals surface area (Å²) in [6.07, 6.45) is 8.47. The Hall–Kier alpha value is -3.71. The monoisotopic (exact) mass is 412 g/mol. The molecule has 2 aliphatic heterocycles. The molecule has 1 fully saturated rings. The van der Waals surface area contributed by atoms with Crippen LogP contribution >= 0.6 is 0 Å². The number of para-hydroxylation sites is 1. The molecule has 1 unspecified atom stereocenters. The Labute approximate surface area is 181 Å². The summed E-state index contributed by atoms with van der Waals surface area (Å²) in [6.45, 7) is 3.86. The normalized spacial score (nSPS) is 17.5. The fourth-order valence-corrected chi connectivity index (χ4v) is 4.08. The highest BCUT2D eigenvalue weighted by Gasteiger charge is 2.24. The number of anilines is 3. The summed E-state index contributed by atoms with van der Waals surface area (Å²) >= 11 is 0. The van der Waals surface area contributed by atoms with E-state index >= 15 is 0 Å². The maximum absolute atomic E-state index is 11.8. The third kappa shape index (κ3) is 3.87. The molecule has 3 aromatic rings. The smallest absolute Gasteiger partial charge is 0.146 e. The van der Waals surface area contributed by atoms with Crippen molar-refractivity contribution in [3.05, 3.63) is 72.2 Å². The fourth-order valence-electron chi connectivity index (χ4n) is 4.08. The Morgan fingerprint density at radius 3 is 2.61 bits per heavy atom. The third-order valence-electron chi connectivity index (χ3n) is 5.67. The van der Waals surface area contributed by atoms with E-state index in [4.69, 9.17) is 4.98 Å². The lowest BCUT2D eigenvalue weighted by molar-refractivity contribution is -0.109. The lowest BCUT2D eigenvalue weighted by Crippen LogP contribution is -2.43. The number of fused-ring (bicyclic) bond motifs is 1. The summed E-state index contributed by atoms with van der Waals surface area (Å²) < 4.78 is 0. The number of rotatable bonds is 5. The molecular formula is C24H24N6O. The number of carbonyl (C=O) groups excluding carboxylic acids is 1. The highest BCUT2D eigenvalue weighted by atomic mass is 16.1. The van der Waals surface area contributed by atoms with Crippen LogP contribution in [0.25, 0.3) is 17.2 Å². The second-order valence-electron chi connectivity index (χ2n) is 7.59. The average molecular weight is 412 g/mol. The summed E-state index contributed by atoms with van der Waals surface area (Å²) in [5.74, 6) is 1.65. The predicted octanol–water partition coefficient (Wildman–Crippen LogP) is 3.11. The summed E-state index contributed by atoms with van der Waals surface area (Å²) in [4.78, 5) is 23.5. The van der Waals surface area contributed by atoms with E-state index in [0.717, 1.165) is 66.2 Å². The van der Waals surface area contributed by atoms with Crippen molar-refractivity contribution >= 4 is 29.7 Å². The van der Waals surface area contributed by atoms with E-state index in [1.165, 1.54) is 0 Å². The van der Waals surface area contributed by atoms with Gasteiger partial charge in [-0.3, -0.25) is 0 Å². The minimum atomic E-state index is -0.466. The molecule has 0 radical (unpaired) electrons. The highest BCUT2D eigenvalue weighted by molar-refractivity contribution is 5.85. The zero-order valence-corrected chi connectivity index (χ0v) is 17.1. The Morgan fingerprint density at radius 1 is 1.03 bits per heavy atom. The molecule has 7 nitrogen and oxygen atoms in total. The van der Waals surface area contributed by atoms with Crippen LogP contribution in [-0.4, -0.2) is 42.4 Å². The third-order valence-corrected chi connectivity index (χ3v) is 5.67. The molecule has 0 saturated carbocycles. The van der Waals surface area contributed by atoms with Gasteiger partial charge in [-0.25, -0.2) is 9.97 Å². The number of hydrogen-bond donors (Lipinski definition) is 3. The van der Waals surface area contributed by atoms with Gasteiger partial charge in [-0.1, -0.05) is 18.2 Å². The Balaban J connectivity index is 1.52. The highest BCUT2D eigenvalue weighted by Crippen LogP contribution is 2.36. The van der Waals surface area contributed by atoms with Gasteiger partial charge in [0.05, 0.1) is 0 Å². The molecule has 2 aromatic heterocycles. The van der Waals surface area contributed by atoms with Crippen LogP contribution < -0.4 is 20.9 Å². The molecule has 2 aliphatic rings. The van der Waals surface area contributed by atoms with Gasteiger partial charge in [0.25, 0.3) is 0 Å². The van der Waals surface area contributed by atoms with Gasteiger partial charge in [0.2, 0.25) is 0 Å². The minimum absolute atomic E-state index is 0.466. The second kappa shape index (κ2) is 8.57. The van der Waals surface area contributed by atoms with Crippen molar-refractivity contribution in [2.45, 2.75) is 6.04 Å². The first-order valence-corrected chi connectivity index (χ1v) is 10.5. The van der Waals surface area contributed by atoms with Crippen molar-refractivity contribution in [3.63, 3.8) is 0 Å². The molecule has 5 rings (SSSR count). The van der Waals surface area contributed by atoms with Crippen molar-refractivity contribution in [3.8, 4) is 11.1 Å². The van der Waals surface area contributed by atoms with E-state index in [1.807, 2.05) is 55.0 Å². The van der Waals surface area contributed by atoms with Crippen LogP contribution in [0.3, 0.4) is 0 Å². The van der Waals surface area contributed by atoms with Crippen molar-refractivity contribution in [2.24, 2.45) is 0 Å². The van der Waals surface area contributed by atoms with Gasteiger partial charge < -0.3 is 25.6 Å². The van der Waals surface area contributed by atoms with E-state index in [-0.39, 0.29) is 0 Å². The number of hydrogen-bond acceptors (Lipinski definition) is 7. The van der Waals surface area contributed by atoms with Crippen LogP contribution in [-0.2, 0) is 4.79 Å². The van der Waals surface area contributed by atoms with Crippen LogP contribution in [0.2, 0.25) is 0 Å². The maximum Gasteiger partial charge on any atom is 0.146 e. The summed E-state index contributed by atoms with van der Waals surface area (Å²) in [7, 11) is 0. The van der Waals surface area contributed by atoms with Crippen LogP contribution in [0.15, 0.2) is 61.1 Å². The van der Waals surface area contributed by atoms with Gasteiger partial charge in [0.15, 0.2) is 0 Å². The van der Waals surface area contributed by atoms with Gasteiger partial charge in [0, 0.05) is 61.0 Å². The van der Waals surface area contributed by atoms with E-state index < -0.39 is 6.04 Å². The fraction of sp³-hybridized carbons (Fsp3) is 0.208. The molecule has 1 saturated heterocycles. The summed E-state index contributed by atoms with van der Waals surface area (Å²) in [6, 6.07) is 13.5. The molecule has 156 valence electrons. The Kier molecular flexibility index (Phi) is 5.33. The van der Waals surface area contributed by atoms with Crippen LogP contribution in [0.1, 0.15) is 17.2 Å². The van der Waals surface area contributed by atoms with Crippen molar-refractivity contribution in [1.82, 2.24) is 20.6 Å². The second-order valence-corrected chi connectivity index (χ2v) is 7.59. The van der Waals surface area contributed by atoms with E-state index in [0.29, 0.717) is 5.82 Å². The standard InChI is InChI=1S/C24H24N6O/c31-16-21-23-19(8-9-26-21)20(15-28-24(23)29-18-4-2-1-3-5-18)17-6-7-22(27-14-17)30-12-10-25-11-13-30/h1-9,14-16,21,25-26H,10-13H2,(H,28,29). The first-order chi connectivity index (χ1) is 15.3. The molecule has 4 heterocycles. The quantitative estimate of drug-likeness (QED) is 0.556. The zero-order valence-electron chi connectivity index (χ0n) is 17.1. The first-order valence-electron chi connectivity index (χ1n) is 10.5. The van der Waals surface area contributed by atoms with Crippen molar-refractivity contribution < 1.29 is 4.79 Å². The molecule has 0 spiro atoms. The SMILES string of the molecule is O=CC1NC=Cc2c(-c3ccc(N4CCNCC4)nc3)cnc(Nc3ccccc3)c21. The number of pyridine rings is 2. The van der Waals surface area contributed by atoms with Crippen LogP contribution in [0.5, 0.6) is 0 Å². The topological polar surface area (TPSA) is 82.2 Å². The average Bonchev–Trinajstić information content (AvgIpc) is 2.85.